The molecular weight excluding hydrogens is 468 g/mol. The SMILES string of the molecule is Cc1ccccc1Nc1ncc(C(F)(F)F)c(N(C)c2ccc(I)cc2)n1. The van der Waals surface area contributed by atoms with Crippen LogP contribution in [0.3, 0.4) is 0 Å². The molecule has 27 heavy (non-hydrogen) atoms. The van der Waals surface area contributed by atoms with Crippen LogP contribution in [0.15, 0.2) is 54.7 Å². The van der Waals surface area contributed by atoms with E-state index in [-0.39, 0.29) is 11.8 Å². The van der Waals surface area contributed by atoms with Crippen molar-refractivity contribution in [1.29, 1.82) is 0 Å². The van der Waals surface area contributed by atoms with E-state index in [0.29, 0.717) is 5.69 Å². The summed E-state index contributed by atoms with van der Waals surface area (Å²) in [5, 5.41) is 2.99. The molecule has 0 saturated heterocycles. The maximum Gasteiger partial charge on any atom is 0.421 e. The number of rotatable bonds is 4. The molecule has 1 N–H and O–H groups in total. The summed E-state index contributed by atoms with van der Waals surface area (Å²) in [6.45, 7) is 1.89. The van der Waals surface area contributed by atoms with Gasteiger partial charge in [0.25, 0.3) is 0 Å². The molecule has 0 aliphatic carbocycles. The summed E-state index contributed by atoms with van der Waals surface area (Å²) in [6, 6.07) is 14.6. The lowest BCUT2D eigenvalue weighted by atomic mass is 10.2. The van der Waals surface area contributed by atoms with Crippen LogP contribution in [0, 0.1) is 10.5 Å². The maximum absolute atomic E-state index is 13.5. The van der Waals surface area contributed by atoms with E-state index in [0.717, 1.165) is 21.0 Å². The van der Waals surface area contributed by atoms with E-state index in [9.17, 15) is 13.2 Å². The molecule has 0 spiro atoms. The molecule has 1 heterocycles. The third-order valence-corrected chi connectivity index (χ3v) is 4.72. The van der Waals surface area contributed by atoms with Crippen LogP contribution in [0.25, 0.3) is 0 Å². The number of nitrogens with one attached hydrogen (secondary N) is 1. The Hall–Kier alpha value is -2.36. The zero-order valence-electron chi connectivity index (χ0n) is 14.5. The first kappa shape index (κ1) is 19.4. The predicted molar refractivity (Wildman–Crippen MR) is 109 cm³/mol. The van der Waals surface area contributed by atoms with Crippen LogP contribution >= 0.6 is 22.6 Å². The first-order valence-corrected chi connectivity index (χ1v) is 9.10. The van der Waals surface area contributed by atoms with E-state index in [1.165, 1.54) is 4.90 Å². The van der Waals surface area contributed by atoms with Gasteiger partial charge in [-0.05, 0) is 65.4 Å². The quantitative estimate of drug-likeness (QED) is 0.467. The van der Waals surface area contributed by atoms with Crippen molar-refractivity contribution < 1.29 is 13.2 Å². The minimum Gasteiger partial charge on any atom is -0.329 e. The van der Waals surface area contributed by atoms with Gasteiger partial charge in [-0.15, -0.1) is 0 Å². The molecule has 3 rings (SSSR count). The van der Waals surface area contributed by atoms with Crippen LogP contribution < -0.4 is 10.2 Å². The lowest BCUT2D eigenvalue weighted by Gasteiger charge is -2.23. The topological polar surface area (TPSA) is 41.1 Å². The highest BCUT2D eigenvalue weighted by molar-refractivity contribution is 14.1. The van der Waals surface area contributed by atoms with Crippen molar-refractivity contribution in [2.75, 3.05) is 17.3 Å². The zero-order chi connectivity index (χ0) is 19.6. The summed E-state index contributed by atoms with van der Waals surface area (Å²) in [6.07, 6.45) is -3.75. The molecule has 0 fully saturated rings. The van der Waals surface area contributed by atoms with Crippen LogP contribution in [0.5, 0.6) is 0 Å². The Bertz CT molecular complexity index is 942. The summed E-state index contributed by atoms with van der Waals surface area (Å²) in [5.41, 5.74) is 1.38. The van der Waals surface area contributed by atoms with Gasteiger partial charge in [-0.1, -0.05) is 18.2 Å². The minimum atomic E-state index is -4.56. The van der Waals surface area contributed by atoms with Crippen molar-refractivity contribution in [2.45, 2.75) is 13.1 Å². The van der Waals surface area contributed by atoms with Crippen molar-refractivity contribution in [3.05, 3.63) is 69.4 Å². The summed E-state index contributed by atoms with van der Waals surface area (Å²) in [7, 11) is 1.55. The van der Waals surface area contributed by atoms with Crippen molar-refractivity contribution in [3.63, 3.8) is 0 Å². The van der Waals surface area contributed by atoms with E-state index in [4.69, 9.17) is 0 Å². The van der Waals surface area contributed by atoms with Crippen molar-refractivity contribution >= 4 is 45.7 Å². The van der Waals surface area contributed by atoms with Crippen molar-refractivity contribution in [2.24, 2.45) is 0 Å². The lowest BCUT2D eigenvalue weighted by molar-refractivity contribution is -0.137. The highest BCUT2D eigenvalue weighted by Gasteiger charge is 2.36. The van der Waals surface area contributed by atoms with Gasteiger partial charge in [0.1, 0.15) is 5.56 Å². The fourth-order valence-electron chi connectivity index (χ4n) is 2.51. The second-order valence-electron chi connectivity index (χ2n) is 5.90. The Morgan fingerprint density at radius 2 is 1.70 bits per heavy atom. The van der Waals surface area contributed by atoms with Gasteiger partial charge in [0.15, 0.2) is 5.82 Å². The summed E-state index contributed by atoms with van der Waals surface area (Å²) in [4.78, 5) is 9.42. The number of aromatic nitrogens is 2. The monoisotopic (exact) mass is 484 g/mol. The van der Waals surface area contributed by atoms with E-state index < -0.39 is 11.7 Å². The molecule has 0 amide bonds. The number of anilines is 4. The fourth-order valence-corrected chi connectivity index (χ4v) is 2.87. The van der Waals surface area contributed by atoms with Crippen molar-refractivity contribution in [1.82, 2.24) is 9.97 Å². The van der Waals surface area contributed by atoms with Gasteiger partial charge in [-0.25, -0.2) is 4.98 Å². The van der Waals surface area contributed by atoms with Crippen LogP contribution in [0.4, 0.5) is 36.3 Å². The summed E-state index contributed by atoms with van der Waals surface area (Å²) in [5.74, 6) is -0.112. The van der Waals surface area contributed by atoms with Gasteiger partial charge in [0, 0.05) is 28.2 Å². The first-order valence-electron chi connectivity index (χ1n) is 8.02. The lowest BCUT2D eigenvalue weighted by Crippen LogP contribution is -2.19. The number of halogens is 4. The number of hydrogen-bond acceptors (Lipinski definition) is 4. The zero-order valence-corrected chi connectivity index (χ0v) is 16.7. The molecule has 4 nitrogen and oxygen atoms in total. The van der Waals surface area contributed by atoms with Crippen LogP contribution in [-0.2, 0) is 6.18 Å². The Balaban J connectivity index is 2.03. The van der Waals surface area contributed by atoms with E-state index in [2.05, 4.69) is 37.9 Å². The number of benzene rings is 2. The molecule has 0 radical (unpaired) electrons. The Morgan fingerprint density at radius 3 is 2.33 bits per heavy atom. The average Bonchev–Trinajstić information content (AvgIpc) is 2.63. The molecule has 0 aliphatic rings. The third kappa shape index (κ3) is 4.49. The predicted octanol–water partition coefficient (Wildman–Crippen LogP) is 5.92. The number of alkyl halides is 3. The van der Waals surface area contributed by atoms with Gasteiger partial charge in [-0.3, -0.25) is 0 Å². The first-order chi connectivity index (χ1) is 12.8. The molecule has 140 valence electrons. The van der Waals surface area contributed by atoms with Crippen LogP contribution in [-0.4, -0.2) is 17.0 Å². The maximum atomic E-state index is 13.5. The normalized spacial score (nSPS) is 11.3. The number of aryl methyl sites for hydroxylation is 1. The van der Waals surface area contributed by atoms with Gasteiger partial charge in [-0.2, -0.15) is 18.2 Å². The Labute approximate surface area is 168 Å². The minimum absolute atomic E-state index is 0.102. The molecule has 1 aromatic heterocycles. The van der Waals surface area contributed by atoms with Crippen LogP contribution in [0.1, 0.15) is 11.1 Å². The highest BCUT2D eigenvalue weighted by Crippen LogP contribution is 2.37. The third-order valence-electron chi connectivity index (χ3n) is 4.00. The average molecular weight is 484 g/mol. The van der Waals surface area contributed by atoms with Gasteiger partial charge >= 0.3 is 6.18 Å². The second-order valence-corrected chi connectivity index (χ2v) is 7.15. The van der Waals surface area contributed by atoms with Gasteiger partial charge in [0.05, 0.1) is 0 Å². The summed E-state index contributed by atoms with van der Waals surface area (Å²) >= 11 is 2.14. The smallest absolute Gasteiger partial charge is 0.329 e. The van der Waals surface area contributed by atoms with Crippen LogP contribution in [0.2, 0.25) is 0 Å². The Morgan fingerprint density at radius 1 is 1.04 bits per heavy atom. The van der Waals surface area contributed by atoms with E-state index in [1.807, 2.05) is 43.3 Å². The molecule has 0 atom stereocenters. The molecule has 0 saturated carbocycles. The van der Waals surface area contributed by atoms with Crippen molar-refractivity contribution in [3.8, 4) is 0 Å². The molecule has 2 aromatic carbocycles. The van der Waals surface area contributed by atoms with E-state index in [1.54, 1.807) is 19.2 Å². The largest absolute Gasteiger partial charge is 0.421 e. The highest BCUT2D eigenvalue weighted by atomic mass is 127. The number of para-hydroxylation sites is 1. The molecule has 0 bridgehead atoms. The molecular formula is C19H16F3IN4. The molecule has 3 aromatic rings. The number of nitrogens with zero attached hydrogens (tertiary/aromatic N) is 3. The Kier molecular flexibility index (Phi) is 5.54. The number of hydrogen-bond donors (Lipinski definition) is 1. The molecule has 0 aliphatic heterocycles. The summed E-state index contributed by atoms with van der Waals surface area (Å²) < 4.78 is 41.4. The fraction of sp³-hybridized carbons (Fsp3) is 0.158. The van der Waals surface area contributed by atoms with E-state index >= 15 is 0 Å². The van der Waals surface area contributed by atoms with Gasteiger partial charge < -0.3 is 10.2 Å². The molecule has 0 unspecified atom stereocenters. The standard InChI is InChI=1S/C19H16F3IN4/c1-12-5-3-4-6-16(12)25-18-24-11-15(19(20,21)22)17(26-18)27(2)14-9-7-13(23)8-10-14/h3-11H,1-2H3,(H,24,25,26). The van der Waals surface area contributed by atoms with Gasteiger partial charge in [0.2, 0.25) is 5.95 Å². The molecule has 8 heteroatoms. The second kappa shape index (κ2) is 7.71.